The Morgan fingerprint density at radius 2 is 2.39 bits per heavy atom. The molecule has 0 aliphatic carbocycles. The van der Waals surface area contributed by atoms with E-state index >= 15 is 0 Å². The number of rotatable bonds is 3. The standard InChI is InChI=1S/C14H15N3O/c1-3-10(4-2)17-14(18)12-8-16-13-6-5-9(15)7-11(12)13/h1,5-8,10,16H,4,15H2,2H3,(H,17,18). The third kappa shape index (κ3) is 2.16. The molecule has 1 aromatic carbocycles. The molecule has 1 heterocycles. The van der Waals surface area contributed by atoms with Gasteiger partial charge in [-0.05, 0) is 24.6 Å². The van der Waals surface area contributed by atoms with Crippen molar-refractivity contribution < 1.29 is 4.79 Å². The maximum atomic E-state index is 12.1. The molecular weight excluding hydrogens is 226 g/mol. The lowest BCUT2D eigenvalue weighted by Crippen LogP contribution is -2.33. The highest BCUT2D eigenvalue weighted by Gasteiger charge is 2.14. The van der Waals surface area contributed by atoms with Crippen LogP contribution in [0.1, 0.15) is 23.7 Å². The summed E-state index contributed by atoms with van der Waals surface area (Å²) < 4.78 is 0. The molecule has 0 saturated heterocycles. The number of carbonyl (C=O) groups is 1. The number of amides is 1. The fraction of sp³-hybridized carbons (Fsp3) is 0.214. The third-order valence-corrected chi connectivity index (χ3v) is 2.87. The number of H-pyrrole nitrogens is 1. The van der Waals surface area contributed by atoms with E-state index in [1.54, 1.807) is 18.3 Å². The summed E-state index contributed by atoms with van der Waals surface area (Å²) in [7, 11) is 0. The fourth-order valence-electron chi connectivity index (χ4n) is 1.82. The Kier molecular flexibility index (Phi) is 3.24. The lowest BCUT2D eigenvalue weighted by atomic mass is 10.1. The van der Waals surface area contributed by atoms with E-state index < -0.39 is 0 Å². The first-order chi connectivity index (χ1) is 8.65. The minimum Gasteiger partial charge on any atom is -0.399 e. The molecule has 2 aromatic rings. The Balaban J connectivity index is 2.34. The average molecular weight is 241 g/mol. The predicted octanol–water partition coefficient (Wildman–Crippen LogP) is 1.89. The van der Waals surface area contributed by atoms with Crippen molar-refractivity contribution in [3.05, 3.63) is 30.0 Å². The molecule has 4 N–H and O–H groups in total. The largest absolute Gasteiger partial charge is 0.399 e. The molecule has 0 spiro atoms. The van der Waals surface area contributed by atoms with Gasteiger partial charge in [-0.2, -0.15) is 0 Å². The highest BCUT2D eigenvalue weighted by molar-refractivity contribution is 6.07. The van der Waals surface area contributed by atoms with Crippen molar-refractivity contribution in [2.24, 2.45) is 0 Å². The number of aromatic nitrogens is 1. The highest BCUT2D eigenvalue weighted by atomic mass is 16.1. The van der Waals surface area contributed by atoms with E-state index in [0.29, 0.717) is 17.7 Å². The van der Waals surface area contributed by atoms with Crippen LogP contribution in [0.3, 0.4) is 0 Å². The molecule has 4 heteroatoms. The van der Waals surface area contributed by atoms with Crippen LogP contribution in [-0.2, 0) is 0 Å². The van der Waals surface area contributed by atoms with E-state index in [0.717, 1.165) is 10.9 Å². The van der Waals surface area contributed by atoms with Crippen molar-refractivity contribution in [2.45, 2.75) is 19.4 Å². The lowest BCUT2D eigenvalue weighted by molar-refractivity contribution is 0.0947. The van der Waals surface area contributed by atoms with Crippen LogP contribution in [0.2, 0.25) is 0 Å². The van der Waals surface area contributed by atoms with Gasteiger partial charge in [-0.3, -0.25) is 4.79 Å². The van der Waals surface area contributed by atoms with Gasteiger partial charge < -0.3 is 16.0 Å². The van der Waals surface area contributed by atoms with Crippen LogP contribution in [-0.4, -0.2) is 16.9 Å². The van der Waals surface area contributed by atoms with E-state index in [9.17, 15) is 4.79 Å². The minimum absolute atomic E-state index is 0.184. The van der Waals surface area contributed by atoms with Crippen molar-refractivity contribution in [3.8, 4) is 12.3 Å². The summed E-state index contributed by atoms with van der Waals surface area (Å²) in [6, 6.07) is 5.16. The number of nitrogens with two attached hydrogens (primary N) is 1. The van der Waals surface area contributed by atoms with Crippen LogP contribution < -0.4 is 11.1 Å². The number of hydrogen-bond acceptors (Lipinski definition) is 2. The van der Waals surface area contributed by atoms with Crippen LogP contribution in [0.5, 0.6) is 0 Å². The topological polar surface area (TPSA) is 70.9 Å². The van der Waals surface area contributed by atoms with Gasteiger partial charge in [0.15, 0.2) is 0 Å². The van der Waals surface area contributed by atoms with Crippen LogP contribution in [0.4, 0.5) is 5.69 Å². The molecule has 0 radical (unpaired) electrons. The second-order valence-electron chi connectivity index (χ2n) is 4.11. The Bertz CT molecular complexity index is 621. The van der Waals surface area contributed by atoms with Crippen molar-refractivity contribution in [1.82, 2.24) is 10.3 Å². The summed E-state index contributed by atoms with van der Waals surface area (Å²) in [5.41, 5.74) is 7.79. The van der Waals surface area contributed by atoms with Crippen LogP contribution in [0.25, 0.3) is 10.9 Å². The molecule has 0 fully saturated rings. The number of hydrogen-bond donors (Lipinski definition) is 3. The molecule has 2 rings (SSSR count). The molecule has 18 heavy (non-hydrogen) atoms. The van der Waals surface area contributed by atoms with Crippen molar-refractivity contribution >= 4 is 22.5 Å². The molecule has 1 aromatic heterocycles. The summed E-state index contributed by atoms with van der Waals surface area (Å²) >= 11 is 0. The zero-order valence-electron chi connectivity index (χ0n) is 10.2. The molecule has 1 amide bonds. The summed E-state index contributed by atoms with van der Waals surface area (Å²) in [6.07, 6.45) is 7.70. The van der Waals surface area contributed by atoms with Gasteiger partial charge in [-0.1, -0.05) is 12.8 Å². The molecule has 1 unspecified atom stereocenters. The minimum atomic E-state index is -0.247. The number of nitrogen functional groups attached to an aromatic ring is 1. The number of anilines is 1. The molecule has 0 aliphatic heterocycles. The fourth-order valence-corrected chi connectivity index (χ4v) is 1.82. The van der Waals surface area contributed by atoms with Gasteiger partial charge in [-0.25, -0.2) is 0 Å². The molecule has 0 aliphatic rings. The second kappa shape index (κ2) is 4.84. The van der Waals surface area contributed by atoms with Gasteiger partial charge >= 0.3 is 0 Å². The van der Waals surface area contributed by atoms with Gasteiger partial charge in [0.05, 0.1) is 11.6 Å². The SMILES string of the molecule is C#CC(CC)NC(=O)c1c[nH]c2ccc(N)cc12. The maximum Gasteiger partial charge on any atom is 0.254 e. The molecule has 92 valence electrons. The second-order valence-corrected chi connectivity index (χ2v) is 4.11. The van der Waals surface area contributed by atoms with Crippen LogP contribution in [0, 0.1) is 12.3 Å². The number of benzene rings is 1. The lowest BCUT2D eigenvalue weighted by Gasteiger charge is -2.09. The molecule has 0 bridgehead atoms. The Hall–Kier alpha value is -2.41. The normalized spacial score (nSPS) is 12.0. The van der Waals surface area contributed by atoms with E-state index in [1.165, 1.54) is 0 Å². The zero-order chi connectivity index (χ0) is 13.1. The number of carbonyl (C=O) groups excluding carboxylic acids is 1. The molecule has 0 saturated carbocycles. The zero-order valence-corrected chi connectivity index (χ0v) is 10.2. The average Bonchev–Trinajstić information content (AvgIpc) is 2.78. The number of aromatic amines is 1. The first kappa shape index (κ1) is 12.1. The summed E-state index contributed by atoms with van der Waals surface area (Å²) in [5.74, 6) is 2.35. The molecular formula is C14H15N3O. The van der Waals surface area contributed by atoms with Gasteiger partial charge in [0.2, 0.25) is 0 Å². The van der Waals surface area contributed by atoms with Gasteiger partial charge in [0.25, 0.3) is 5.91 Å². The third-order valence-electron chi connectivity index (χ3n) is 2.87. The van der Waals surface area contributed by atoms with Crippen LogP contribution in [0.15, 0.2) is 24.4 Å². The van der Waals surface area contributed by atoms with Gasteiger partial charge in [0.1, 0.15) is 0 Å². The molecule has 4 nitrogen and oxygen atoms in total. The van der Waals surface area contributed by atoms with Crippen molar-refractivity contribution in [2.75, 3.05) is 5.73 Å². The first-order valence-corrected chi connectivity index (χ1v) is 5.79. The first-order valence-electron chi connectivity index (χ1n) is 5.79. The van der Waals surface area contributed by atoms with E-state index in [2.05, 4.69) is 16.2 Å². The van der Waals surface area contributed by atoms with E-state index in [-0.39, 0.29) is 11.9 Å². The quantitative estimate of drug-likeness (QED) is 0.567. The monoisotopic (exact) mass is 241 g/mol. The summed E-state index contributed by atoms with van der Waals surface area (Å²) in [6.45, 7) is 1.93. The highest BCUT2D eigenvalue weighted by Crippen LogP contribution is 2.20. The number of terminal acetylenes is 1. The van der Waals surface area contributed by atoms with Crippen molar-refractivity contribution in [1.29, 1.82) is 0 Å². The Labute approximate surface area is 106 Å². The van der Waals surface area contributed by atoms with Gasteiger partial charge in [0, 0.05) is 22.8 Å². The van der Waals surface area contributed by atoms with Crippen molar-refractivity contribution in [3.63, 3.8) is 0 Å². The Morgan fingerprint density at radius 3 is 3.06 bits per heavy atom. The van der Waals surface area contributed by atoms with Gasteiger partial charge in [-0.15, -0.1) is 6.42 Å². The Morgan fingerprint density at radius 1 is 1.61 bits per heavy atom. The smallest absolute Gasteiger partial charge is 0.254 e. The number of nitrogens with one attached hydrogen (secondary N) is 2. The maximum absolute atomic E-state index is 12.1. The summed E-state index contributed by atoms with van der Waals surface area (Å²) in [4.78, 5) is 15.1. The number of fused-ring (bicyclic) bond motifs is 1. The van der Waals surface area contributed by atoms with Crippen LogP contribution >= 0.6 is 0 Å². The van der Waals surface area contributed by atoms with E-state index in [1.807, 2.05) is 13.0 Å². The molecule has 1 atom stereocenters. The van der Waals surface area contributed by atoms with E-state index in [4.69, 9.17) is 12.2 Å². The predicted molar refractivity (Wildman–Crippen MR) is 73.1 cm³/mol. The summed E-state index contributed by atoms with van der Waals surface area (Å²) in [5, 5.41) is 3.60.